The number of rotatable bonds is 12. The van der Waals surface area contributed by atoms with E-state index in [0.717, 1.165) is 37.4 Å². The fourth-order valence-corrected chi connectivity index (χ4v) is 4.11. The van der Waals surface area contributed by atoms with E-state index in [9.17, 15) is 13.2 Å². The van der Waals surface area contributed by atoms with Gasteiger partial charge in [-0.25, -0.2) is 0 Å². The summed E-state index contributed by atoms with van der Waals surface area (Å²) in [6.45, 7) is 9.21. The van der Waals surface area contributed by atoms with Gasteiger partial charge in [0.05, 0.1) is 0 Å². The van der Waals surface area contributed by atoms with Crippen molar-refractivity contribution in [2.24, 2.45) is 0 Å². The van der Waals surface area contributed by atoms with Crippen LogP contribution in [0, 0.1) is 0 Å². The van der Waals surface area contributed by atoms with Crippen molar-refractivity contribution < 1.29 is 17.4 Å². The monoisotopic (exact) mass is 462 g/mol. The van der Waals surface area contributed by atoms with Crippen LogP contribution in [0.4, 0.5) is 11.4 Å². The fourth-order valence-electron chi connectivity index (χ4n) is 3.15. The molecule has 0 spiro atoms. The molecular formula is C23H34N4O4S. The summed E-state index contributed by atoms with van der Waals surface area (Å²) in [5, 5.41) is 5.95. The van der Waals surface area contributed by atoms with Crippen LogP contribution in [0.3, 0.4) is 0 Å². The van der Waals surface area contributed by atoms with Gasteiger partial charge >= 0.3 is 10.1 Å². The lowest BCUT2D eigenvalue weighted by atomic mass is 10.1. The molecule has 0 bridgehead atoms. The molecule has 2 aromatic carbocycles. The van der Waals surface area contributed by atoms with Crippen LogP contribution in [0.5, 0.6) is 5.75 Å². The molecule has 0 saturated heterocycles. The molecule has 176 valence electrons. The minimum atomic E-state index is -4.05. The van der Waals surface area contributed by atoms with E-state index in [0.29, 0.717) is 18.0 Å². The first-order valence-electron chi connectivity index (χ1n) is 10.7. The van der Waals surface area contributed by atoms with Crippen LogP contribution < -0.4 is 19.7 Å². The molecule has 0 atom stereocenters. The number of anilines is 2. The van der Waals surface area contributed by atoms with E-state index in [1.54, 1.807) is 6.07 Å². The average Bonchev–Trinajstić information content (AvgIpc) is 2.73. The van der Waals surface area contributed by atoms with E-state index in [-0.39, 0.29) is 10.8 Å². The zero-order valence-corrected chi connectivity index (χ0v) is 20.3. The van der Waals surface area contributed by atoms with E-state index in [4.69, 9.17) is 4.18 Å². The van der Waals surface area contributed by atoms with Gasteiger partial charge in [-0.3, -0.25) is 4.79 Å². The molecular weight excluding hydrogens is 428 g/mol. The lowest BCUT2D eigenvalue weighted by molar-refractivity contribution is -0.114. The minimum Gasteiger partial charge on any atom is -0.379 e. The average molecular weight is 463 g/mol. The second kappa shape index (κ2) is 11.8. The molecule has 8 nitrogen and oxygen atoms in total. The summed E-state index contributed by atoms with van der Waals surface area (Å²) < 4.78 is 31.6. The number of carbonyl (C=O) groups is 1. The molecule has 0 aliphatic carbocycles. The number of hydrogen-bond donors (Lipinski definition) is 2. The lowest BCUT2D eigenvalue weighted by Gasteiger charge is -2.23. The SMILES string of the molecule is CCN(CC)c1ccc(CNCCN(C)C)c(OS(=O)(=O)c2ccc(NC(C)=O)cc2)c1. The molecule has 0 saturated carbocycles. The minimum absolute atomic E-state index is 0.0198. The summed E-state index contributed by atoms with van der Waals surface area (Å²) >= 11 is 0. The maximum Gasteiger partial charge on any atom is 0.339 e. The van der Waals surface area contributed by atoms with Gasteiger partial charge in [0.25, 0.3) is 0 Å². The quantitative estimate of drug-likeness (QED) is 0.370. The van der Waals surface area contributed by atoms with Crippen molar-refractivity contribution in [3.63, 3.8) is 0 Å². The number of benzene rings is 2. The van der Waals surface area contributed by atoms with Gasteiger partial charge in [-0.2, -0.15) is 8.42 Å². The van der Waals surface area contributed by atoms with Crippen molar-refractivity contribution in [1.29, 1.82) is 0 Å². The van der Waals surface area contributed by atoms with E-state index in [1.165, 1.54) is 31.2 Å². The van der Waals surface area contributed by atoms with Crippen LogP contribution in [0.1, 0.15) is 26.3 Å². The Balaban J connectivity index is 2.30. The first kappa shape index (κ1) is 25.6. The Labute approximate surface area is 191 Å². The predicted octanol–water partition coefficient (Wildman–Crippen LogP) is 2.91. The van der Waals surface area contributed by atoms with Gasteiger partial charge in [-0.05, 0) is 58.3 Å². The van der Waals surface area contributed by atoms with Crippen LogP contribution in [0.15, 0.2) is 47.4 Å². The summed E-state index contributed by atoms with van der Waals surface area (Å²) in [7, 11) is -0.0505. The third-order valence-corrected chi connectivity index (χ3v) is 6.14. The predicted molar refractivity (Wildman–Crippen MR) is 129 cm³/mol. The molecule has 9 heteroatoms. The van der Waals surface area contributed by atoms with Crippen molar-refractivity contribution in [3.05, 3.63) is 48.0 Å². The molecule has 0 aromatic heterocycles. The molecule has 0 heterocycles. The zero-order valence-electron chi connectivity index (χ0n) is 19.5. The molecule has 0 fully saturated rings. The molecule has 2 rings (SSSR count). The van der Waals surface area contributed by atoms with E-state index >= 15 is 0 Å². The van der Waals surface area contributed by atoms with Crippen molar-refractivity contribution in [2.45, 2.75) is 32.2 Å². The first-order valence-corrected chi connectivity index (χ1v) is 12.1. The molecule has 2 N–H and O–H groups in total. The van der Waals surface area contributed by atoms with Crippen LogP contribution in [0.2, 0.25) is 0 Å². The fraction of sp³-hybridized carbons (Fsp3) is 0.435. The van der Waals surface area contributed by atoms with Crippen LogP contribution in [0.25, 0.3) is 0 Å². The molecule has 0 aliphatic heterocycles. The van der Waals surface area contributed by atoms with E-state index < -0.39 is 10.1 Å². The second-order valence-electron chi connectivity index (χ2n) is 7.69. The summed E-state index contributed by atoms with van der Waals surface area (Å²) in [6.07, 6.45) is 0. The van der Waals surface area contributed by atoms with Gasteiger partial charge in [-0.1, -0.05) is 6.07 Å². The molecule has 0 aliphatic rings. The Bertz CT molecular complexity index is 988. The van der Waals surface area contributed by atoms with Gasteiger partial charge < -0.3 is 24.6 Å². The highest BCUT2D eigenvalue weighted by Gasteiger charge is 2.20. The third kappa shape index (κ3) is 7.51. The highest BCUT2D eigenvalue weighted by molar-refractivity contribution is 7.87. The Morgan fingerprint density at radius 1 is 1.03 bits per heavy atom. The Morgan fingerprint density at radius 3 is 2.25 bits per heavy atom. The highest BCUT2D eigenvalue weighted by atomic mass is 32.2. The molecule has 32 heavy (non-hydrogen) atoms. The number of amides is 1. The first-order chi connectivity index (χ1) is 15.2. The van der Waals surface area contributed by atoms with Crippen LogP contribution >= 0.6 is 0 Å². The second-order valence-corrected chi connectivity index (χ2v) is 9.23. The van der Waals surface area contributed by atoms with E-state index in [1.807, 2.05) is 40.1 Å². The van der Waals surface area contributed by atoms with E-state index in [2.05, 4.69) is 20.4 Å². The van der Waals surface area contributed by atoms with Crippen molar-refractivity contribution >= 4 is 27.4 Å². The van der Waals surface area contributed by atoms with Crippen molar-refractivity contribution in [3.8, 4) is 5.75 Å². The maximum absolute atomic E-state index is 13.0. The number of nitrogens with one attached hydrogen (secondary N) is 2. The maximum atomic E-state index is 13.0. The smallest absolute Gasteiger partial charge is 0.339 e. The van der Waals surface area contributed by atoms with Crippen LogP contribution in [-0.4, -0.2) is 59.5 Å². The Kier molecular flexibility index (Phi) is 9.49. The summed E-state index contributed by atoms with van der Waals surface area (Å²) in [5.74, 6) is 0.0779. The van der Waals surface area contributed by atoms with Gasteiger partial charge in [0.15, 0.2) is 0 Å². The molecule has 0 unspecified atom stereocenters. The Morgan fingerprint density at radius 2 is 1.69 bits per heavy atom. The lowest BCUT2D eigenvalue weighted by Crippen LogP contribution is -2.26. The largest absolute Gasteiger partial charge is 0.379 e. The number of carbonyl (C=O) groups excluding carboxylic acids is 1. The number of nitrogens with zero attached hydrogens (tertiary/aromatic N) is 2. The van der Waals surface area contributed by atoms with Gasteiger partial charge in [-0.15, -0.1) is 0 Å². The van der Waals surface area contributed by atoms with Crippen molar-refractivity contribution in [2.75, 3.05) is 50.5 Å². The zero-order chi connectivity index (χ0) is 23.7. The van der Waals surface area contributed by atoms with Gasteiger partial charge in [0.1, 0.15) is 10.6 Å². The van der Waals surface area contributed by atoms with Crippen molar-refractivity contribution in [1.82, 2.24) is 10.2 Å². The summed E-state index contributed by atoms with van der Waals surface area (Å²) in [4.78, 5) is 15.4. The normalized spacial score (nSPS) is 11.4. The van der Waals surface area contributed by atoms with Gasteiger partial charge in [0, 0.05) is 62.7 Å². The Hall–Kier alpha value is -2.62. The number of likely N-dealkylation sites (N-methyl/N-ethyl adjacent to an activating group) is 1. The van der Waals surface area contributed by atoms with Gasteiger partial charge in [0.2, 0.25) is 5.91 Å². The molecule has 1 amide bonds. The number of hydrogen-bond acceptors (Lipinski definition) is 7. The third-order valence-electron chi connectivity index (χ3n) is 4.89. The molecule has 2 aromatic rings. The van der Waals surface area contributed by atoms with Crippen LogP contribution in [-0.2, 0) is 21.5 Å². The standard InChI is InChI=1S/C23H34N4O4S/c1-6-27(7-2)21-11-8-19(17-24-14-15-26(4)5)23(16-21)31-32(29,30)22-12-9-20(10-13-22)25-18(3)28/h8-13,16,24H,6-7,14-15,17H2,1-5H3,(H,25,28). The highest BCUT2D eigenvalue weighted by Crippen LogP contribution is 2.29. The molecule has 0 radical (unpaired) electrons. The topological polar surface area (TPSA) is 91.0 Å². The summed E-state index contributed by atoms with van der Waals surface area (Å²) in [6, 6.07) is 11.6. The summed E-state index contributed by atoms with van der Waals surface area (Å²) in [5.41, 5.74) is 2.18.